The molecule has 0 aliphatic carbocycles. The van der Waals surface area contributed by atoms with E-state index in [1.165, 1.54) is 11.1 Å². The Hall–Kier alpha value is -2.43. The molecule has 5 heteroatoms. The molecule has 1 aromatic carbocycles. The highest BCUT2D eigenvalue weighted by Crippen LogP contribution is 2.28. The van der Waals surface area contributed by atoms with Gasteiger partial charge in [-0.1, -0.05) is 58.0 Å². The third-order valence-electron chi connectivity index (χ3n) is 6.16. The molecule has 1 aliphatic rings. The van der Waals surface area contributed by atoms with Gasteiger partial charge in [-0.3, -0.25) is 4.79 Å². The van der Waals surface area contributed by atoms with Crippen LogP contribution in [0.4, 0.5) is 5.82 Å². The van der Waals surface area contributed by atoms with E-state index in [4.69, 9.17) is 4.98 Å². The Bertz CT molecular complexity index is 904. The minimum absolute atomic E-state index is 0.257. The summed E-state index contributed by atoms with van der Waals surface area (Å²) in [4.78, 5) is 26.9. The van der Waals surface area contributed by atoms with Crippen LogP contribution in [0, 0.1) is 25.2 Å². The fourth-order valence-corrected chi connectivity index (χ4v) is 4.91. The molecule has 2 aromatic rings. The van der Waals surface area contributed by atoms with Gasteiger partial charge in [-0.2, -0.15) is 0 Å². The van der Waals surface area contributed by atoms with E-state index in [1.807, 2.05) is 13.0 Å². The summed E-state index contributed by atoms with van der Waals surface area (Å²) in [5, 5.41) is 0. The lowest BCUT2D eigenvalue weighted by Crippen LogP contribution is -2.36. The Morgan fingerprint density at radius 2 is 1.75 bits per heavy atom. The van der Waals surface area contributed by atoms with Crippen molar-refractivity contribution in [2.24, 2.45) is 11.3 Å². The zero-order valence-electron chi connectivity index (χ0n) is 20.8. The van der Waals surface area contributed by atoms with Gasteiger partial charge in [0.2, 0.25) is 5.91 Å². The molecule has 1 fully saturated rings. The standard InChI is InChI=1S/C27H40N4O/c1-20(19-27(4,5)6)17-25(32)30-13-10-14-31(16-15-30)26-24(21(2)28-22(3)29-26)18-23-11-8-7-9-12-23/h7-9,11-12,20H,10,13-19H2,1-6H3. The summed E-state index contributed by atoms with van der Waals surface area (Å²) in [7, 11) is 0. The number of aryl methyl sites for hydroxylation is 2. The van der Waals surface area contributed by atoms with Crippen molar-refractivity contribution in [3.63, 3.8) is 0 Å². The molecule has 1 atom stereocenters. The van der Waals surface area contributed by atoms with E-state index in [-0.39, 0.29) is 5.41 Å². The van der Waals surface area contributed by atoms with Crippen molar-refractivity contribution in [2.45, 2.75) is 67.2 Å². The topological polar surface area (TPSA) is 49.3 Å². The van der Waals surface area contributed by atoms with Gasteiger partial charge < -0.3 is 9.80 Å². The molecule has 3 rings (SSSR count). The van der Waals surface area contributed by atoms with Crippen LogP contribution >= 0.6 is 0 Å². The normalized spacial score (nSPS) is 16.1. The Morgan fingerprint density at radius 3 is 2.44 bits per heavy atom. The minimum Gasteiger partial charge on any atom is -0.354 e. The highest BCUT2D eigenvalue weighted by molar-refractivity contribution is 5.76. The van der Waals surface area contributed by atoms with Gasteiger partial charge in [-0.25, -0.2) is 9.97 Å². The van der Waals surface area contributed by atoms with Gasteiger partial charge in [-0.05, 0) is 43.6 Å². The maximum absolute atomic E-state index is 13.0. The van der Waals surface area contributed by atoms with E-state index in [0.717, 1.165) is 62.8 Å². The summed E-state index contributed by atoms with van der Waals surface area (Å²) in [6, 6.07) is 10.5. The first-order valence-electron chi connectivity index (χ1n) is 12.0. The fourth-order valence-electron chi connectivity index (χ4n) is 4.91. The summed E-state index contributed by atoms with van der Waals surface area (Å²) in [6.45, 7) is 16.3. The molecular formula is C27H40N4O. The van der Waals surface area contributed by atoms with Gasteiger partial charge in [0.1, 0.15) is 11.6 Å². The fraction of sp³-hybridized carbons (Fsp3) is 0.593. The Morgan fingerprint density at radius 1 is 1.03 bits per heavy atom. The molecule has 1 aliphatic heterocycles. The van der Waals surface area contributed by atoms with Crippen molar-refractivity contribution in [2.75, 3.05) is 31.1 Å². The third-order valence-corrected chi connectivity index (χ3v) is 6.16. The van der Waals surface area contributed by atoms with Crippen LogP contribution in [0.2, 0.25) is 0 Å². The van der Waals surface area contributed by atoms with Gasteiger partial charge in [0.15, 0.2) is 0 Å². The van der Waals surface area contributed by atoms with E-state index in [9.17, 15) is 4.79 Å². The molecule has 0 saturated carbocycles. The van der Waals surface area contributed by atoms with Crippen molar-refractivity contribution in [1.29, 1.82) is 0 Å². The van der Waals surface area contributed by atoms with Crippen molar-refractivity contribution < 1.29 is 4.79 Å². The molecule has 0 N–H and O–H groups in total. The first-order chi connectivity index (χ1) is 15.1. The predicted molar refractivity (Wildman–Crippen MR) is 132 cm³/mol. The number of carbonyl (C=O) groups excluding carboxylic acids is 1. The summed E-state index contributed by atoms with van der Waals surface area (Å²) in [6.07, 6.45) is 3.50. The second kappa shape index (κ2) is 10.5. The molecule has 1 amide bonds. The average Bonchev–Trinajstić information content (AvgIpc) is 2.95. The number of nitrogens with zero attached hydrogens (tertiary/aromatic N) is 4. The highest BCUT2D eigenvalue weighted by atomic mass is 16.2. The maximum atomic E-state index is 13.0. The molecule has 5 nitrogen and oxygen atoms in total. The first-order valence-corrected chi connectivity index (χ1v) is 12.0. The number of carbonyl (C=O) groups is 1. The summed E-state index contributed by atoms with van der Waals surface area (Å²) in [5.41, 5.74) is 3.77. The van der Waals surface area contributed by atoms with Crippen LogP contribution in [0.25, 0.3) is 0 Å². The molecule has 1 aromatic heterocycles. The zero-order valence-corrected chi connectivity index (χ0v) is 20.8. The molecule has 2 heterocycles. The molecule has 32 heavy (non-hydrogen) atoms. The smallest absolute Gasteiger partial charge is 0.222 e. The van der Waals surface area contributed by atoms with Gasteiger partial charge in [0, 0.05) is 50.3 Å². The van der Waals surface area contributed by atoms with Gasteiger partial charge in [0.05, 0.1) is 0 Å². The lowest BCUT2D eigenvalue weighted by molar-refractivity contribution is -0.132. The minimum atomic E-state index is 0.257. The van der Waals surface area contributed by atoms with Gasteiger partial charge >= 0.3 is 0 Å². The van der Waals surface area contributed by atoms with Crippen molar-refractivity contribution in [1.82, 2.24) is 14.9 Å². The van der Waals surface area contributed by atoms with E-state index in [2.05, 4.69) is 73.7 Å². The number of benzene rings is 1. The van der Waals surface area contributed by atoms with E-state index in [0.29, 0.717) is 18.2 Å². The third kappa shape index (κ3) is 6.78. The number of aromatic nitrogens is 2. The second-order valence-corrected chi connectivity index (χ2v) is 10.6. The molecular weight excluding hydrogens is 396 g/mol. The van der Waals surface area contributed by atoms with Crippen molar-refractivity contribution >= 4 is 11.7 Å². The zero-order chi connectivity index (χ0) is 23.3. The van der Waals surface area contributed by atoms with E-state index >= 15 is 0 Å². The Labute approximate surface area is 194 Å². The van der Waals surface area contributed by atoms with Crippen LogP contribution in [0.15, 0.2) is 30.3 Å². The number of hydrogen-bond acceptors (Lipinski definition) is 4. The largest absolute Gasteiger partial charge is 0.354 e. The highest BCUT2D eigenvalue weighted by Gasteiger charge is 2.25. The Kier molecular flexibility index (Phi) is 7.91. The van der Waals surface area contributed by atoms with Crippen LogP contribution in [0.5, 0.6) is 0 Å². The number of rotatable bonds is 6. The van der Waals surface area contributed by atoms with E-state index < -0.39 is 0 Å². The molecule has 0 spiro atoms. The first kappa shape index (κ1) is 24.2. The van der Waals surface area contributed by atoms with Crippen LogP contribution in [0.1, 0.15) is 69.6 Å². The van der Waals surface area contributed by atoms with Gasteiger partial charge in [-0.15, -0.1) is 0 Å². The second-order valence-electron chi connectivity index (χ2n) is 10.6. The maximum Gasteiger partial charge on any atom is 0.222 e. The molecule has 0 bridgehead atoms. The molecule has 0 radical (unpaired) electrons. The Balaban J connectivity index is 1.71. The van der Waals surface area contributed by atoms with Crippen molar-refractivity contribution in [3.05, 3.63) is 53.0 Å². The molecule has 174 valence electrons. The van der Waals surface area contributed by atoms with Crippen molar-refractivity contribution in [3.8, 4) is 0 Å². The van der Waals surface area contributed by atoms with Gasteiger partial charge in [0.25, 0.3) is 0 Å². The van der Waals surface area contributed by atoms with E-state index in [1.54, 1.807) is 0 Å². The van der Waals surface area contributed by atoms with Crippen LogP contribution in [-0.4, -0.2) is 47.0 Å². The monoisotopic (exact) mass is 436 g/mol. The predicted octanol–water partition coefficient (Wildman–Crippen LogP) is 5.19. The average molecular weight is 437 g/mol. The SMILES string of the molecule is Cc1nc(C)c(Cc2ccccc2)c(N2CCCN(C(=O)CC(C)CC(C)(C)C)CC2)n1. The number of amides is 1. The summed E-state index contributed by atoms with van der Waals surface area (Å²) in [5.74, 6) is 2.55. The summed E-state index contributed by atoms with van der Waals surface area (Å²) < 4.78 is 0. The lowest BCUT2D eigenvalue weighted by atomic mass is 9.84. The van der Waals surface area contributed by atoms with Crippen LogP contribution in [0.3, 0.4) is 0 Å². The molecule has 1 saturated heterocycles. The number of anilines is 1. The number of hydrogen-bond donors (Lipinski definition) is 0. The quantitative estimate of drug-likeness (QED) is 0.626. The lowest BCUT2D eigenvalue weighted by Gasteiger charge is -2.27. The van der Waals surface area contributed by atoms with Crippen LogP contribution in [-0.2, 0) is 11.2 Å². The summed E-state index contributed by atoms with van der Waals surface area (Å²) >= 11 is 0. The molecule has 1 unspecified atom stereocenters. The van der Waals surface area contributed by atoms with Crippen LogP contribution < -0.4 is 4.90 Å².